The molecule has 0 bridgehead atoms. The first-order valence-electron chi connectivity index (χ1n) is 6.37. The molecule has 1 unspecified atom stereocenters. The van der Waals surface area contributed by atoms with Crippen LogP contribution >= 0.6 is 27.5 Å². The number of hydrogen-bond acceptors (Lipinski definition) is 4. The van der Waals surface area contributed by atoms with Crippen molar-refractivity contribution in [2.75, 3.05) is 0 Å². The first kappa shape index (κ1) is 16.5. The summed E-state index contributed by atoms with van der Waals surface area (Å²) < 4.78 is 10.7. The molecular weight excluding hydrogens is 372 g/mol. The second-order valence-corrected chi connectivity index (χ2v) is 5.59. The first-order chi connectivity index (χ1) is 10.6. The smallest absolute Gasteiger partial charge is 0.352 e. The maximum absolute atomic E-state index is 12.2. The van der Waals surface area contributed by atoms with Gasteiger partial charge in [-0.2, -0.15) is 0 Å². The lowest BCUT2D eigenvalue weighted by Gasteiger charge is -2.16. The van der Waals surface area contributed by atoms with Gasteiger partial charge < -0.3 is 9.47 Å². The third-order valence-corrected chi connectivity index (χ3v) is 4.01. The van der Waals surface area contributed by atoms with Crippen LogP contribution in [0.5, 0.6) is 0 Å². The van der Waals surface area contributed by atoms with E-state index in [0.29, 0.717) is 20.6 Å². The molecule has 2 rings (SSSR count). The maximum atomic E-state index is 12.2. The van der Waals surface area contributed by atoms with Gasteiger partial charge in [0.1, 0.15) is 6.61 Å². The molecule has 2 aromatic carbocycles. The van der Waals surface area contributed by atoms with E-state index in [4.69, 9.17) is 21.1 Å². The normalized spacial score (nSPS) is 11.5. The highest BCUT2D eigenvalue weighted by Crippen LogP contribution is 2.27. The summed E-state index contributed by atoms with van der Waals surface area (Å²) in [6, 6.07) is 14.0. The minimum Gasteiger partial charge on any atom is -0.458 e. The monoisotopic (exact) mass is 382 g/mol. The molecule has 0 radical (unpaired) electrons. The quantitative estimate of drug-likeness (QED) is 0.557. The largest absolute Gasteiger partial charge is 0.458 e. The molecule has 2 aromatic rings. The summed E-state index contributed by atoms with van der Waals surface area (Å²) in [6.07, 6.45) is -1.13. The van der Waals surface area contributed by atoms with E-state index >= 15 is 0 Å². The lowest BCUT2D eigenvalue weighted by atomic mass is 10.1. The molecule has 0 heterocycles. The van der Waals surface area contributed by atoms with Crippen LogP contribution in [0.1, 0.15) is 17.2 Å². The van der Waals surface area contributed by atoms with E-state index in [1.165, 1.54) is 0 Å². The van der Waals surface area contributed by atoms with Crippen molar-refractivity contribution >= 4 is 40.0 Å². The molecule has 0 saturated heterocycles. The fourth-order valence-corrected chi connectivity index (χ4v) is 2.52. The second-order valence-electron chi connectivity index (χ2n) is 4.33. The van der Waals surface area contributed by atoms with Crippen LogP contribution in [0.15, 0.2) is 53.0 Å². The number of esters is 1. The Morgan fingerprint density at radius 2 is 1.86 bits per heavy atom. The molecule has 114 valence electrons. The number of halogens is 2. The average molecular weight is 384 g/mol. The van der Waals surface area contributed by atoms with Gasteiger partial charge >= 0.3 is 5.97 Å². The van der Waals surface area contributed by atoms with Crippen LogP contribution in [-0.2, 0) is 25.7 Å². The van der Waals surface area contributed by atoms with Crippen molar-refractivity contribution in [1.29, 1.82) is 0 Å². The molecule has 6 heteroatoms. The lowest BCUT2D eigenvalue weighted by molar-refractivity contribution is -0.163. The van der Waals surface area contributed by atoms with Crippen molar-refractivity contribution in [2.24, 2.45) is 0 Å². The Bertz CT molecular complexity index is 675. The van der Waals surface area contributed by atoms with Gasteiger partial charge in [-0.05, 0) is 12.1 Å². The summed E-state index contributed by atoms with van der Waals surface area (Å²) in [5.74, 6) is -0.668. The van der Waals surface area contributed by atoms with E-state index in [0.717, 1.165) is 0 Å². The van der Waals surface area contributed by atoms with Crippen LogP contribution in [0.3, 0.4) is 0 Å². The van der Waals surface area contributed by atoms with Crippen molar-refractivity contribution in [3.05, 3.63) is 69.2 Å². The number of carbonyl (C=O) groups excluding carboxylic acids is 2. The molecule has 4 nitrogen and oxygen atoms in total. The van der Waals surface area contributed by atoms with Crippen LogP contribution in [0, 0.1) is 0 Å². The molecule has 0 aliphatic rings. The van der Waals surface area contributed by atoms with Crippen LogP contribution < -0.4 is 0 Å². The Hall–Kier alpha value is -1.85. The van der Waals surface area contributed by atoms with Gasteiger partial charge in [0.25, 0.3) is 6.47 Å². The van der Waals surface area contributed by atoms with Crippen molar-refractivity contribution < 1.29 is 19.1 Å². The molecule has 22 heavy (non-hydrogen) atoms. The standard InChI is InChI=1S/C16H12BrClO4/c17-13-7-3-2-6-12(13)15(22-10-19)16(20)21-9-11-5-1-4-8-14(11)18/h1-8,10,15H,9H2. The molecule has 0 fully saturated rings. The predicted octanol–water partition coefficient (Wildman–Crippen LogP) is 4.06. The van der Waals surface area contributed by atoms with Crippen LogP contribution in [0.25, 0.3) is 0 Å². The van der Waals surface area contributed by atoms with Gasteiger partial charge in [-0.15, -0.1) is 0 Å². The van der Waals surface area contributed by atoms with E-state index in [9.17, 15) is 9.59 Å². The third kappa shape index (κ3) is 4.08. The van der Waals surface area contributed by atoms with Crippen LogP contribution in [-0.4, -0.2) is 12.4 Å². The van der Waals surface area contributed by atoms with E-state index in [1.807, 2.05) is 0 Å². The van der Waals surface area contributed by atoms with E-state index in [1.54, 1.807) is 48.5 Å². The highest BCUT2D eigenvalue weighted by Gasteiger charge is 2.26. The minimum atomic E-state index is -1.13. The molecule has 0 N–H and O–H groups in total. The predicted molar refractivity (Wildman–Crippen MR) is 85.3 cm³/mol. The summed E-state index contributed by atoms with van der Waals surface area (Å²) >= 11 is 9.32. The zero-order valence-corrected chi connectivity index (χ0v) is 13.7. The number of benzene rings is 2. The van der Waals surface area contributed by atoms with Gasteiger partial charge in [0.15, 0.2) is 0 Å². The van der Waals surface area contributed by atoms with E-state index in [2.05, 4.69) is 15.9 Å². The highest BCUT2D eigenvalue weighted by atomic mass is 79.9. The maximum Gasteiger partial charge on any atom is 0.352 e. The zero-order chi connectivity index (χ0) is 15.9. The fraction of sp³-hybridized carbons (Fsp3) is 0.125. The van der Waals surface area contributed by atoms with Gasteiger partial charge in [-0.1, -0.05) is 63.9 Å². The van der Waals surface area contributed by atoms with Gasteiger partial charge in [0, 0.05) is 20.6 Å². The van der Waals surface area contributed by atoms with Crippen molar-refractivity contribution in [3.63, 3.8) is 0 Å². The first-order valence-corrected chi connectivity index (χ1v) is 7.54. The molecule has 1 atom stereocenters. The van der Waals surface area contributed by atoms with Crippen molar-refractivity contribution in [1.82, 2.24) is 0 Å². The molecular formula is C16H12BrClO4. The summed E-state index contributed by atoms with van der Waals surface area (Å²) in [4.78, 5) is 22.9. The second kappa shape index (κ2) is 7.96. The average Bonchev–Trinajstić information content (AvgIpc) is 2.52. The van der Waals surface area contributed by atoms with Crippen molar-refractivity contribution in [2.45, 2.75) is 12.7 Å². The number of rotatable bonds is 6. The zero-order valence-electron chi connectivity index (χ0n) is 11.4. The van der Waals surface area contributed by atoms with E-state index < -0.39 is 12.1 Å². The summed E-state index contributed by atoms with van der Waals surface area (Å²) in [7, 11) is 0. The summed E-state index contributed by atoms with van der Waals surface area (Å²) in [5, 5.41) is 0.504. The molecule has 0 aromatic heterocycles. The van der Waals surface area contributed by atoms with Crippen LogP contribution in [0.4, 0.5) is 0 Å². The van der Waals surface area contributed by atoms with Gasteiger partial charge in [0.2, 0.25) is 6.10 Å². The van der Waals surface area contributed by atoms with Crippen LogP contribution in [0.2, 0.25) is 5.02 Å². The fourth-order valence-electron chi connectivity index (χ4n) is 1.84. The number of hydrogen-bond donors (Lipinski definition) is 0. The Kier molecular flexibility index (Phi) is 5.98. The molecule has 0 aliphatic carbocycles. The lowest BCUT2D eigenvalue weighted by Crippen LogP contribution is -2.19. The number of ether oxygens (including phenoxy) is 2. The third-order valence-electron chi connectivity index (χ3n) is 2.92. The van der Waals surface area contributed by atoms with E-state index in [-0.39, 0.29) is 13.1 Å². The molecule has 0 saturated carbocycles. The SMILES string of the molecule is O=COC(C(=O)OCc1ccccc1Cl)c1ccccc1Br. The minimum absolute atomic E-state index is 0.00166. The van der Waals surface area contributed by atoms with Gasteiger partial charge in [-0.3, -0.25) is 4.79 Å². The van der Waals surface area contributed by atoms with Crippen molar-refractivity contribution in [3.8, 4) is 0 Å². The van der Waals surface area contributed by atoms with Gasteiger partial charge in [-0.25, -0.2) is 4.79 Å². The molecule has 0 amide bonds. The molecule has 0 spiro atoms. The topological polar surface area (TPSA) is 52.6 Å². The Morgan fingerprint density at radius 3 is 2.55 bits per heavy atom. The Morgan fingerprint density at radius 1 is 1.18 bits per heavy atom. The molecule has 0 aliphatic heterocycles. The number of carbonyl (C=O) groups is 2. The summed E-state index contributed by atoms with van der Waals surface area (Å²) in [5.41, 5.74) is 1.19. The Balaban J connectivity index is 2.12. The highest BCUT2D eigenvalue weighted by molar-refractivity contribution is 9.10. The van der Waals surface area contributed by atoms with Gasteiger partial charge in [0.05, 0.1) is 0 Å². The summed E-state index contributed by atoms with van der Waals surface area (Å²) in [6.45, 7) is 0.225. The Labute approximate surface area is 141 Å².